The number of carboxylic acids is 1. The second-order valence-corrected chi connectivity index (χ2v) is 12.5. The van der Waals surface area contributed by atoms with Gasteiger partial charge in [0.25, 0.3) is 0 Å². The molecule has 0 saturated heterocycles. The van der Waals surface area contributed by atoms with E-state index in [0.717, 1.165) is 17.5 Å². The van der Waals surface area contributed by atoms with Gasteiger partial charge in [-0.05, 0) is 62.1 Å². The fourth-order valence-corrected chi connectivity index (χ4v) is 7.78. The first-order chi connectivity index (χ1) is 21.9. The molecule has 12 nitrogen and oxygen atoms in total. The van der Waals surface area contributed by atoms with Crippen LogP contribution >= 0.6 is 0 Å². The van der Waals surface area contributed by atoms with E-state index in [9.17, 15) is 34.5 Å². The Morgan fingerprint density at radius 1 is 1.07 bits per heavy atom. The average Bonchev–Trinajstić information content (AvgIpc) is 3.39. The highest BCUT2D eigenvalue weighted by Gasteiger charge is 2.72. The smallest absolute Gasteiger partial charge is 0.349 e. The van der Waals surface area contributed by atoms with E-state index in [1.54, 1.807) is 24.3 Å². The third-order valence-electron chi connectivity index (χ3n) is 9.99. The number of methoxy groups -OCH3 is 1. The maximum absolute atomic E-state index is 13.1. The Bertz CT molecular complexity index is 1600. The Kier molecular flexibility index (Phi) is 8.06. The van der Waals surface area contributed by atoms with E-state index < -0.39 is 65.7 Å². The van der Waals surface area contributed by atoms with Gasteiger partial charge in [-0.1, -0.05) is 43.3 Å². The Morgan fingerprint density at radius 3 is 2.50 bits per heavy atom. The molecule has 2 aromatic rings. The van der Waals surface area contributed by atoms with Crippen molar-refractivity contribution in [3.63, 3.8) is 0 Å². The SMILES string of the molecule is COc1ccc2c3c1O[C@H]1C(OC(=O)[C@@H](O)CC(=O)O[C@@H](C)C(=O)O[C@H](C(=O)O)c4ccccc4)=CC[C@@]4(O)[C@@H](C2)C(C)CC[C@]314. The fourth-order valence-electron chi connectivity index (χ4n) is 7.78. The summed E-state index contributed by atoms with van der Waals surface area (Å²) in [5.74, 6) is -3.44. The van der Waals surface area contributed by atoms with Crippen LogP contribution in [0.3, 0.4) is 0 Å². The first kappa shape index (κ1) is 31.6. The molecule has 1 saturated carbocycles. The van der Waals surface area contributed by atoms with E-state index in [-0.39, 0.29) is 29.6 Å². The molecule has 3 aliphatic carbocycles. The minimum Gasteiger partial charge on any atom is -0.493 e. The Labute approximate surface area is 264 Å². The lowest BCUT2D eigenvalue weighted by Crippen LogP contribution is -2.69. The van der Waals surface area contributed by atoms with Gasteiger partial charge >= 0.3 is 23.9 Å². The Morgan fingerprint density at radius 2 is 1.80 bits per heavy atom. The number of carbonyl (C=O) groups excluding carboxylic acids is 3. The lowest BCUT2D eigenvalue weighted by molar-refractivity contribution is -0.179. The lowest BCUT2D eigenvalue weighted by Gasteiger charge is -2.61. The number of aliphatic carboxylic acids is 1. The molecule has 12 heteroatoms. The predicted molar refractivity (Wildman–Crippen MR) is 158 cm³/mol. The van der Waals surface area contributed by atoms with E-state index >= 15 is 0 Å². The summed E-state index contributed by atoms with van der Waals surface area (Å²) in [6.45, 7) is 3.32. The molecule has 2 bridgehead atoms. The second kappa shape index (κ2) is 11.7. The van der Waals surface area contributed by atoms with Crippen LogP contribution in [0, 0.1) is 11.8 Å². The number of esters is 3. The van der Waals surface area contributed by atoms with Gasteiger partial charge in [0.15, 0.2) is 29.8 Å². The molecule has 244 valence electrons. The van der Waals surface area contributed by atoms with E-state index in [0.29, 0.717) is 24.3 Å². The van der Waals surface area contributed by atoms with Crippen LogP contribution < -0.4 is 9.47 Å². The third kappa shape index (κ3) is 4.91. The predicted octanol–water partition coefficient (Wildman–Crippen LogP) is 2.91. The first-order valence-corrected chi connectivity index (χ1v) is 15.3. The minimum absolute atomic E-state index is 0.0415. The molecule has 3 N–H and O–H groups in total. The van der Waals surface area contributed by atoms with E-state index in [2.05, 4.69) is 6.92 Å². The van der Waals surface area contributed by atoms with E-state index in [4.69, 9.17) is 23.7 Å². The molecule has 2 aromatic carbocycles. The van der Waals surface area contributed by atoms with Gasteiger partial charge in [0, 0.05) is 11.1 Å². The number of ether oxygens (including phenoxy) is 5. The molecule has 0 aromatic heterocycles. The molecule has 8 atom stereocenters. The van der Waals surface area contributed by atoms with Gasteiger partial charge in [0.1, 0.15) is 5.76 Å². The number of aliphatic hydroxyl groups is 2. The van der Waals surface area contributed by atoms with E-state index in [1.165, 1.54) is 26.2 Å². The van der Waals surface area contributed by atoms with Crippen molar-refractivity contribution in [3.8, 4) is 11.5 Å². The summed E-state index contributed by atoms with van der Waals surface area (Å²) in [7, 11) is 1.53. The molecule has 1 heterocycles. The van der Waals surface area contributed by atoms with Crippen molar-refractivity contribution >= 4 is 23.9 Å². The van der Waals surface area contributed by atoms with E-state index in [1.807, 2.05) is 12.1 Å². The number of rotatable bonds is 10. The number of carbonyl (C=O) groups is 4. The molecule has 1 spiro atoms. The van der Waals surface area contributed by atoms with Gasteiger partial charge < -0.3 is 39.0 Å². The lowest BCUT2D eigenvalue weighted by atomic mass is 9.45. The van der Waals surface area contributed by atoms with Gasteiger partial charge in [-0.2, -0.15) is 0 Å². The topological polar surface area (TPSA) is 175 Å². The van der Waals surface area contributed by atoms with Crippen molar-refractivity contribution in [1.82, 2.24) is 0 Å². The number of aliphatic hydroxyl groups excluding tert-OH is 1. The van der Waals surface area contributed by atoms with Gasteiger partial charge in [0.2, 0.25) is 6.10 Å². The van der Waals surface area contributed by atoms with Crippen LogP contribution in [0.5, 0.6) is 11.5 Å². The van der Waals surface area contributed by atoms with Crippen LogP contribution in [0.1, 0.15) is 62.3 Å². The summed E-state index contributed by atoms with van der Waals surface area (Å²) >= 11 is 0. The highest BCUT2D eigenvalue weighted by Crippen LogP contribution is 2.68. The third-order valence-corrected chi connectivity index (χ3v) is 9.99. The number of hydrogen-bond donors (Lipinski definition) is 3. The highest BCUT2D eigenvalue weighted by molar-refractivity contribution is 5.85. The zero-order chi connectivity index (χ0) is 33.0. The van der Waals surface area contributed by atoms with Crippen LogP contribution in [0.25, 0.3) is 0 Å². The molecular weight excluding hydrogens is 600 g/mol. The zero-order valence-corrected chi connectivity index (χ0v) is 25.6. The Balaban J connectivity index is 1.13. The van der Waals surface area contributed by atoms with Crippen LogP contribution in [0.4, 0.5) is 0 Å². The summed E-state index contributed by atoms with van der Waals surface area (Å²) in [4.78, 5) is 49.8. The average molecular weight is 637 g/mol. The first-order valence-electron chi connectivity index (χ1n) is 15.3. The van der Waals surface area contributed by atoms with Crippen molar-refractivity contribution in [1.29, 1.82) is 0 Å². The molecule has 4 aliphatic rings. The summed E-state index contributed by atoms with van der Waals surface area (Å²) in [6, 6.07) is 11.6. The van der Waals surface area contributed by atoms with Crippen molar-refractivity contribution < 1.29 is 58.2 Å². The number of carboxylic acid groups (broad SMARTS) is 1. The summed E-state index contributed by atoms with van der Waals surface area (Å²) < 4.78 is 27.7. The van der Waals surface area contributed by atoms with Gasteiger partial charge in [-0.25, -0.2) is 14.4 Å². The summed E-state index contributed by atoms with van der Waals surface area (Å²) in [5.41, 5.74) is 0.0978. The van der Waals surface area contributed by atoms with Crippen molar-refractivity contribution in [2.45, 2.75) is 81.4 Å². The molecule has 6 rings (SSSR count). The summed E-state index contributed by atoms with van der Waals surface area (Å²) in [5, 5.41) is 32.4. The maximum Gasteiger partial charge on any atom is 0.349 e. The van der Waals surface area contributed by atoms with Crippen LogP contribution in [0.15, 0.2) is 54.3 Å². The van der Waals surface area contributed by atoms with Crippen molar-refractivity contribution in [2.24, 2.45) is 11.8 Å². The Hall–Kier alpha value is -4.42. The maximum atomic E-state index is 13.1. The monoisotopic (exact) mass is 636 g/mol. The minimum atomic E-state index is -1.95. The van der Waals surface area contributed by atoms with Crippen LogP contribution in [-0.4, -0.2) is 70.2 Å². The van der Waals surface area contributed by atoms with Crippen molar-refractivity contribution in [3.05, 3.63) is 71.0 Å². The number of benzene rings is 2. The standard InChI is InChI=1S/C34H36O12/c1-17-11-13-33-26-20-9-10-23(42-3)28(26)45-29(33)24(12-14-34(33,41)21(17)15-20)44-32(40)22(35)16-25(36)43-18(2)31(39)46-27(30(37)38)19-7-5-4-6-8-19/h4-10,12,17-18,21-22,27,29,35,41H,11,13-16H2,1-3H3,(H,37,38)/t17?,18-,21-,22-,27-,29-,33-,34+/m0/s1. The molecule has 1 unspecified atom stereocenters. The highest BCUT2D eigenvalue weighted by atomic mass is 16.6. The molecule has 1 aliphatic heterocycles. The second-order valence-electron chi connectivity index (χ2n) is 12.5. The van der Waals surface area contributed by atoms with Crippen molar-refractivity contribution in [2.75, 3.05) is 7.11 Å². The molecule has 0 amide bonds. The summed E-state index contributed by atoms with van der Waals surface area (Å²) in [6.07, 6.45) is -2.89. The molecular formula is C34H36O12. The quantitative estimate of drug-likeness (QED) is 0.257. The molecule has 0 radical (unpaired) electrons. The normalized spacial score (nSPS) is 28.7. The van der Waals surface area contributed by atoms with Gasteiger partial charge in [-0.15, -0.1) is 0 Å². The van der Waals surface area contributed by atoms with Crippen LogP contribution in [-0.2, 0) is 45.2 Å². The van der Waals surface area contributed by atoms with Crippen LogP contribution in [0.2, 0.25) is 0 Å². The molecule has 1 fully saturated rings. The zero-order valence-electron chi connectivity index (χ0n) is 25.6. The number of hydrogen-bond acceptors (Lipinski definition) is 11. The van der Waals surface area contributed by atoms with Gasteiger partial charge in [-0.3, -0.25) is 4.79 Å². The molecule has 46 heavy (non-hydrogen) atoms. The fraction of sp³-hybridized carbons (Fsp3) is 0.471. The van der Waals surface area contributed by atoms with Gasteiger partial charge in [0.05, 0.1) is 24.5 Å². The largest absolute Gasteiger partial charge is 0.493 e.